The second-order valence-corrected chi connectivity index (χ2v) is 10.0. The van der Waals surface area contributed by atoms with Gasteiger partial charge in [-0.1, -0.05) is 71.0 Å². The van der Waals surface area contributed by atoms with Gasteiger partial charge < -0.3 is 10.1 Å². The van der Waals surface area contributed by atoms with Gasteiger partial charge in [-0.3, -0.25) is 0 Å². The second kappa shape index (κ2) is 9.00. The summed E-state index contributed by atoms with van der Waals surface area (Å²) >= 11 is 0. The van der Waals surface area contributed by atoms with Crippen molar-refractivity contribution < 1.29 is 9.53 Å². The molecule has 3 rings (SSSR count). The monoisotopic (exact) mass is 419 g/mol. The van der Waals surface area contributed by atoms with Gasteiger partial charge in [0.05, 0.1) is 5.56 Å². The van der Waals surface area contributed by atoms with Crippen molar-refractivity contribution in [1.82, 2.24) is 5.32 Å². The first-order chi connectivity index (χ1) is 14.6. The minimum absolute atomic E-state index is 0.104. The van der Waals surface area contributed by atoms with Gasteiger partial charge in [0.25, 0.3) is 0 Å². The van der Waals surface area contributed by atoms with Crippen molar-refractivity contribution >= 4 is 11.5 Å². The lowest BCUT2D eigenvalue weighted by molar-refractivity contribution is 0.0509. The normalized spacial score (nSPS) is 16.5. The summed E-state index contributed by atoms with van der Waals surface area (Å²) in [5.74, 6) is -0.286. The highest BCUT2D eigenvalue weighted by Crippen LogP contribution is 2.49. The fourth-order valence-electron chi connectivity index (χ4n) is 4.61. The number of carbonyl (C=O) groups excluding carboxylic acids is 1. The molecule has 1 aliphatic carbocycles. The molecule has 0 bridgehead atoms. The van der Waals surface area contributed by atoms with Crippen LogP contribution in [-0.2, 0) is 15.6 Å². The minimum atomic E-state index is -0.286. The fourth-order valence-corrected chi connectivity index (χ4v) is 4.61. The number of fused-ring (bicyclic) bond motifs is 1. The van der Waals surface area contributed by atoms with Crippen molar-refractivity contribution in [2.45, 2.75) is 65.2 Å². The fraction of sp³-hybridized carbons (Fsp3) is 0.464. The molecule has 31 heavy (non-hydrogen) atoms. The molecule has 0 amide bonds. The molecule has 0 radical (unpaired) electrons. The van der Waals surface area contributed by atoms with Crippen LogP contribution in [-0.4, -0.2) is 25.7 Å². The molecular formula is C28H37NO2. The van der Waals surface area contributed by atoms with Crippen molar-refractivity contribution in [1.29, 1.82) is 0 Å². The third-order valence-corrected chi connectivity index (χ3v) is 6.62. The van der Waals surface area contributed by atoms with Crippen LogP contribution in [0.5, 0.6) is 0 Å². The van der Waals surface area contributed by atoms with Crippen LogP contribution in [0, 0.1) is 6.92 Å². The van der Waals surface area contributed by atoms with Crippen LogP contribution in [0.3, 0.4) is 0 Å². The van der Waals surface area contributed by atoms with Crippen LogP contribution in [0.1, 0.15) is 85.6 Å². The predicted octanol–water partition coefficient (Wildman–Crippen LogP) is 6.17. The lowest BCUT2D eigenvalue weighted by Crippen LogP contribution is -2.35. The van der Waals surface area contributed by atoms with Crippen molar-refractivity contribution in [2.75, 3.05) is 19.7 Å². The standard InChI is InChI=1S/C28H37NO2/c1-8-29-15-16-31-26(30)22-11-9-21(10-12-22)20(3)23-17-19(2)18-24-25(23)28(6,7)14-13-27(24,4)5/h9-12,17-18,29H,3,8,13-16H2,1-2,4-7H3. The Morgan fingerprint density at radius 3 is 2.29 bits per heavy atom. The zero-order valence-corrected chi connectivity index (χ0v) is 20.0. The SMILES string of the molecule is C=C(c1ccc(C(=O)OCCNCC)cc1)c1cc(C)cc2c1C(C)(C)CCC2(C)C. The number of aryl methyl sites for hydroxylation is 1. The molecule has 166 valence electrons. The number of hydrogen-bond acceptors (Lipinski definition) is 3. The third-order valence-electron chi connectivity index (χ3n) is 6.62. The third kappa shape index (κ3) is 4.93. The lowest BCUT2D eigenvalue weighted by Gasteiger charge is -2.43. The highest BCUT2D eigenvalue weighted by Gasteiger charge is 2.39. The summed E-state index contributed by atoms with van der Waals surface area (Å²) < 4.78 is 5.33. The molecule has 1 N–H and O–H groups in total. The summed E-state index contributed by atoms with van der Waals surface area (Å²) in [6.45, 7) is 20.0. The molecule has 0 fully saturated rings. The van der Waals surface area contributed by atoms with Crippen molar-refractivity contribution in [2.24, 2.45) is 0 Å². The molecule has 2 aromatic rings. The highest BCUT2D eigenvalue weighted by molar-refractivity contribution is 5.90. The summed E-state index contributed by atoms with van der Waals surface area (Å²) in [5.41, 5.74) is 8.25. The van der Waals surface area contributed by atoms with E-state index in [4.69, 9.17) is 4.74 Å². The van der Waals surface area contributed by atoms with Crippen LogP contribution in [0.25, 0.3) is 5.57 Å². The maximum Gasteiger partial charge on any atom is 0.338 e. The quantitative estimate of drug-likeness (QED) is 0.431. The van der Waals surface area contributed by atoms with E-state index >= 15 is 0 Å². The van der Waals surface area contributed by atoms with E-state index < -0.39 is 0 Å². The summed E-state index contributed by atoms with van der Waals surface area (Å²) in [4.78, 5) is 12.3. The number of nitrogens with one attached hydrogen (secondary N) is 1. The van der Waals surface area contributed by atoms with E-state index in [0.29, 0.717) is 18.7 Å². The van der Waals surface area contributed by atoms with E-state index in [1.165, 1.54) is 28.7 Å². The maximum absolute atomic E-state index is 12.3. The molecule has 2 aromatic carbocycles. The lowest BCUT2D eigenvalue weighted by atomic mass is 9.61. The number of benzene rings is 2. The molecule has 0 saturated carbocycles. The van der Waals surface area contributed by atoms with Crippen LogP contribution < -0.4 is 5.32 Å². The van der Waals surface area contributed by atoms with Gasteiger partial charge in [-0.05, 0) is 77.1 Å². The van der Waals surface area contributed by atoms with Crippen molar-refractivity contribution in [3.63, 3.8) is 0 Å². The Hall–Kier alpha value is -2.39. The Morgan fingerprint density at radius 2 is 1.65 bits per heavy atom. The average Bonchev–Trinajstić information content (AvgIpc) is 2.73. The maximum atomic E-state index is 12.3. The van der Waals surface area contributed by atoms with Gasteiger partial charge in [-0.25, -0.2) is 4.79 Å². The van der Waals surface area contributed by atoms with Gasteiger partial charge in [-0.2, -0.15) is 0 Å². The Bertz CT molecular complexity index is 967. The molecule has 0 aliphatic heterocycles. The van der Waals surface area contributed by atoms with Gasteiger partial charge in [-0.15, -0.1) is 0 Å². The predicted molar refractivity (Wildman–Crippen MR) is 130 cm³/mol. The number of rotatable bonds is 7. The number of ether oxygens (including phenoxy) is 1. The van der Waals surface area contributed by atoms with Crippen LogP contribution in [0.15, 0.2) is 43.0 Å². The first-order valence-electron chi connectivity index (χ1n) is 11.4. The molecule has 1 aliphatic rings. The first kappa shape index (κ1) is 23.3. The summed E-state index contributed by atoms with van der Waals surface area (Å²) in [7, 11) is 0. The van der Waals surface area contributed by atoms with Gasteiger partial charge >= 0.3 is 5.97 Å². The number of carbonyl (C=O) groups is 1. The molecule has 0 spiro atoms. The summed E-state index contributed by atoms with van der Waals surface area (Å²) in [5, 5.41) is 3.15. The van der Waals surface area contributed by atoms with Crippen molar-refractivity contribution in [3.8, 4) is 0 Å². The largest absolute Gasteiger partial charge is 0.461 e. The number of hydrogen-bond donors (Lipinski definition) is 1. The first-order valence-corrected chi connectivity index (χ1v) is 11.4. The summed E-state index contributed by atoms with van der Waals surface area (Å²) in [6, 6.07) is 12.3. The Balaban J connectivity index is 1.90. The highest BCUT2D eigenvalue weighted by atomic mass is 16.5. The van der Waals surface area contributed by atoms with Gasteiger partial charge in [0.2, 0.25) is 0 Å². The minimum Gasteiger partial charge on any atom is -0.461 e. The van der Waals surface area contributed by atoms with Gasteiger partial charge in [0.15, 0.2) is 0 Å². The Kier molecular flexibility index (Phi) is 6.76. The Labute approximate surface area is 187 Å². The summed E-state index contributed by atoms with van der Waals surface area (Å²) in [6.07, 6.45) is 2.35. The van der Waals surface area contributed by atoms with E-state index in [2.05, 4.69) is 58.6 Å². The Morgan fingerprint density at radius 1 is 1.03 bits per heavy atom. The van der Waals surface area contributed by atoms with E-state index in [9.17, 15) is 4.79 Å². The van der Waals surface area contributed by atoms with E-state index in [0.717, 1.165) is 24.1 Å². The van der Waals surface area contributed by atoms with Crippen LogP contribution in [0.4, 0.5) is 0 Å². The molecule has 0 saturated heterocycles. The van der Waals surface area contributed by atoms with Gasteiger partial charge in [0.1, 0.15) is 6.61 Å². The van der Waals surface area contributed by atoms with Crippen molar-refractivity contribution in [3.05, 3.63) is 76.4 Å². The second-order valence-electron chi connectivity index (χ2n) is 10.0. The zero-order chi connectivity index (χ0) is 22.8. The molecular weight excluding hydrogens is 382 g/mol. The molecule has 0 heterocycles. The zero-order valence-electron chi connectivity index (χ0n) is 20.0. The molecule has 0 atom stereocenters. The molecule has 3 nitrogen and oxygen atoms in total. The van der Waals surface area contributed by atoms with E-state index in [-0.39, 0.29) is 16.8 Å². The number of likely N-dealkylation sites (N-methyl/N-ethyl adjacent to an activating group) is 1. The van der Waals surface area contributed by atoms with Crippen LogP contribution in [0.2, 0.25) is 0 Å². The number of esters is 1. The molecule has 0 aromatic heterocycles. The smallest absolute Gasteiger partial charge is 0.338 e. The van der Waals surface area contributed by atoms with E-state index in [1.807, 2.05) is 31.2 Å². The molecule has 3 heteroatoms. The van der Waals surface area contributed by atoms with Crippen LogP contribution >= 0.6 is 0 Å². The molecule has 0 unspecified atom stereocenters. The van der Waals surface area contributed by atoms with Gasteiger partial charge in [0, 0.05) is 6.54 Å². The topological polar surface area (TPSA) is 38.3 Å². The van der Waals surface area contributed by atoms with E-state index in [1.54, 1.807) is 0 Å². The average molecular weight is 420 g/mol.